The van der Waals surface area contributed by atoms with Crippen LogP contribution in [-0.2, 0) is 13.5 Å². The molecule has 22 heavy (non-hydrogen) atoms. The summed E-state index contributed by atoms with van der Waals surface area (Å²) < 4.78 is 7.28. The minimum atomic E-state index is 0.00798. The molecule has 112 valence electrons. The van der Waals surface area contributed by atoms with Crippen molar-refractivity contribution in [3.8, 4) is 22.3 Å². The van der Waals surface area contributed by atoms with E-state index in [1.165, 1.54) is 0 Å². The number of hydrogen-bond donors (Lipinski definition) is 1. The van der Waals surface area contributed by atoms with Crippen LogP contribution >= 0.6 is 0 Å². The molecule has 0 fully saturated rings. The van der Waals surface area contributed by atoms with Gasteiger partial charge in [0, 0.05) is 36.8 Å². The highest BCUT2D eigenvalue weighted by Gasteiger charge is 2.25. The Morgan fingerprint density at radius 3 is 2.95 bits per heavy atom. The summed E-state index contributed by atoms with van der Waals surface area (Å²) in [5, 5.41) is 8.36. The van der Waals surface area contributed by atoms with Gasteiger partial charge >= 0.3 is 0 Å². The molecule has 2 N–H and O–H groups in total. The first kappa shape index (κ1) is 13.3. The Balaban J connectivity index is 1.91. The van der Waals surface area contributed by atoms with Crippen molar-refractivity contribution >= 4 is 0 Å². The van der Waals surface area contributed by atoms with Gasteiger partial charge in [-0.1, -0.05) is 17.3 Å². The fraction of sp³-hybridized carbons (Fsp3) is 0.294. The van der Waals surface area contributed by atoms with E-state index in [1.54, 1.807) is 0 Å². The summed E-state index contributed by atoms with van der Waals surface area (Å²) >= 11 is 0. The van der Waals surface area contributed by atoms with Gasteiger partial charge in [-0.15, -0.1) is 0 Å². The van der Waals surface area contributed by atoms with E-state index in [0.717, 1.165) is 52.1 Å². The second-order valence-corrected chi connectivity index (χ2v) is 5.92. The van der Waals surface area contributed by atoms with E-state index in [-0.39, 0.29) is 6.04 Å². The Morgan fingerprint density at radius 2 is 2.18 bits per heavy atom. The van der Waals surface area contributed by atoms with Gasteiger partial charge in [-0.25, -0.2) is 0 Å². The van der Waals surface area contributed by atoms with E-state index in [4.69, 9.17) is 10.3 Å². The van der Waals surface area contributed by atoms with Gasteiger partial charge in [-0.2, -0.15) is 5.10 Å². The van der Waals surface area contributed by atoms with Crippen molar-refractivity contribution < 1.29 is 4.52 Å². The monoisotopic (exact) mass is 294 g/mol. The second-order valence-electron chi connectivity index (χ2n) is 5.92. The van der Waals surface area contributed by atoms with Gasteiger partial charge in [-0.05, 0) is 36.1 Å². The molecule has 5 heteroatoms. The van der Waals surface area contributed by atoms with E-state index in [0.29, 0.717) is 0 Å². The predicted molar refractivity (Wildman–Crippen MR) is 84.1 cm³/mol. The molecular formula is C17H18N4O. The van der Waals surface area contributed by atoms with Gasteiger partial charge in [0.15, 0.2) is 0 Å². The number of hydrogen-bond acceptors (Lipinski definition) is 4. The van der Waals surface area contributed by atoms with Crippen LogP contribution in [0.15, 0.2) is 35.1 Å². The lowest BCUT2D eigenvalue weighted by Crippen LogP contribution is -2.10. The number of nitrogens with zero attached hydrogens (tertiary/aromatic N) is 3. The molecule has 0 spiro atoms. The average molecular weight is 294 g/mol. The molecule has 0 aliphatic heterocycles. The zero-order chi connectivity index (χ0) is 15.3. The van der Waals surface area contributed by atoms with Crippen molar-refractivity contribution in [1.82, 2.24) is 14.9 Å². The van der Waals surface area contributed by atoms with Crippen molar-refractivity contribution in [2.75, 3.05) is 0 Å². The Morgan fingerprint density at radius 1 is 1.32 bits per heavy atom. The molecule has 2 aromatic heterocycles. The fourth-order valence-corrected chi connectivity index (χ4v) is 3.22. The maximum atomic E-state index is 6.40. The fourth-order valence-electron chi connectivity index (χ4n) is 3.22. The Bertz CT molecular complexity index is 846. The average Bonchev–Trinajstić information content (AvgIpc) is 3.07. The SMILES string of the molecule is Cc1noc2c1-c1ccc(-c3cnn(C)c3)cc1C(N)CC2. The van der Waals surface area contributed by atoms with Gasteiger partial charge in [0.1, 0.15) is 5.76 Å². The summed E-state index contributed by atoms with van der Waals surface area (Å²) in [6, 6.07) is 6.43. The second kappa shape index (κ2) is 4.81. The molecule has 2 heterocycles. The molecule has 0 saturated carbocycles. The lowest BCUT2D eigenvalue weighted by molar-refractivity contribution is 0.375. The number of fused-ring (bicyclic) bond motifs is 3. The number of benzene rings is 1. The van der Waals surface area contributed by atoms with Crippen molar-refractivity contribution in [1.29, 1.82) is 0 Å². The summed E-state index contributed by atoms with van der Waals surface area (Å²) in [5.74, 6) is 0.945. The molecule has 0 radical (unpaired) electrons. The molecule has 1 atom stereocenters. The van der Waals surface area contributed by atoms with Crippen LogP contribution in [-0.4, -0.2) is 14.9 Å². The van der Waals surface area contributed by atoms with Crippen LogP contribution in [0.2, 0.25) is 0 Å². The molecular weight excluding hydrogens is 276 g/mol. The summed E-state index contributed by atoms with van der Waals surface area (Å²) in [4.78, 5) is 0. The van der Waals surface area contributed by atoms with Crippen LogP contribution < -0.4 is 5.73 Å². The van der Waals surface area contributed by atoms with Gasteiger partial charge in [0.25, 0.3) is 0 Å². The number of aromatic nitrogens is 3. The van der Waals surface area contributed by atoms with E-state index in [2.05, 4.69) is 28.5 Å². The van der Waals surface area contributed by atoms with Crippen molar-refractivity contribution in [3.63, 3.8) is 0 Å². The molecule has 1 aliphatic carbocycles. The first-order chi connectivity index (χ1) is 10.6. The third-order valence-electron chi connectivity index (χ3n) is 4.37. The van der Waals surface area contributed by atoms with E-state index in [1.807, 2.05) is 31.0 Å². The summed E-state index contributed by atoms with van der Waals surface area (Å²) in [6.45, 7) is 1.98. The van der Waals surface area contributed by atoms with Gasteiger partial charge < -0.3 is 10.3 Å². The highest BCUT2D eigenvalue weighted by Crippen LogP contribution is 2.39. The summed E-state index contributed by atoms with van der Waals surface area (Å²) in [5.41, 5.74) is 13.0. The van der Waals surface area contributed by atoms with Gasteiger partial charge in [0.05, 0.1) is 11.9 Å². The first-order valence-electron chi connectivity index (χ1n) is 7.47. The molecule has 1 aliphatic rings. The topological polar surface area (TPSA) is 69.9 Å². The zero-order valence-electron chi connectivity index (χ0n) is 12.7. The molecule has 5 nitrogen and oxygen atoms in total. The molecule has 0 bridgehead atoms. The molecule has 0 saturated heterocycles. The lowest BCUT2D eigenvalue weighted by atomic mass is 9.93. The zero-order valence-corrected chi connectivity index (χ0v) is 12.7. The maximum Gasteiger partial charge on any atom is 0.144 e. The Hall–Kier alpha value is -2.40. The van der Waals surface area contributed by atoms with Crippen LogP contribution in [0.25, 0.3) is 22.3 Å². The number of nitrogens with two attached hydrogens (primary N) is 1. The predicted octanol–water partition coefficient (Wildman–Crippen LogP) is 3.00. The highest BCUT2D eigenvalue weighted by atomic mass is 16.5. The van der Waals surface area contributed by atoms with Crippen molar-refractivity contribution in [2.45, 2.75) is 25.8 Å². The number of rotatable bonds is 1. The summed E-state index contributed by atoms with van der Waals surface area (Å²) in [7, 11) is 1.92. The van der Waals surface area contributed by atoms with E-state index < -0.39 is 0 Å². The van der Waals surface area contributed by atoms with Crippen LogP contribution in [0.4, 0.5) is 0 Å². The Labute approximate surface area is 128 Å². The highest BCUT2D eigenvalue weighted by molar-refractivity contribution is 5.76. The molecule has 1 unspecified atom stereocenters. The largest absolute Gasteiger partial charge is 0.360 e. The van der Waals surface area contributed by atoms with E-state index in [9.17, 15) is 0 Å². The van der Waals surface area contributed by atoms with Crippen LogP contribution in [0.5, 0.6) is 0 Å². The smallest absolute Gasteiger partial charge is 0.144 e. The molecule has 3 aromatic rings. The minimum Gasteiger partial charge on any atom is -0.360 e. The van der Waals surface area contributed by atoms with Crippen LogP contribution in [0, 0.1) is 6.92 Å². The quantitative estimate of drug-likeness (QED) is 0.749. The number of aryl methyl sites for hydroxylation is 3. The standard InChI is InChI=1S/C17H18N4O/c1-10-17-13-4-3-11(12-8-19-21(2)9-12)7-14(13)15(18)5-6-16(17)22-20-10/h3-4,7-9,15H,5-6,18H2,1-2H3. The molecule has 0 amide bonds. The third-order valence-corrected chi connectivity index (χ3v) is 4.37. The third kappa shape index (κ3) is 1.97. The maximum absolute atomic E-state index is 6.40. The first-order valence-corrected chi connectivity index (χ1v) is 7.47. The molecule has 4 rings (SSSR count). The van der Waals surface area contributed by atoms with Gasteiger partial charge in [-0.3, -0.25) is 4.68 Å². The minimum absolute atomic E-state index is 0.00798. The van der Waals surface area contributed by atoms with Crippen LogP contribution in [0.1, 0.15) is 29.5 Å². The van der Waals surface area contributed by atoms with Crippen molar-refractivity contribution in [3.05, 3.63) is 47.6 Å². The normalized spacial score (nSPS) is 17.0. The van der Waals surface area contributed by atoms with E-state index >= 15 is 0 Å². The van der Waals surface area contributed by atoms with Crippen LogP contribution in [0.3, 0.4) is 0 Å². The lowest BCUT2D eigenvalue weighted by Gasteiger charge is -2.14. The summed E-state index contributed by atoms with van der Waals surface area (Å²) in [6.07, 6.45) is 5.58. The molecule has 1 aromatic carbocycles. The van der Waals surface area contributed by atoms with Gasteiger partial charge in [0.2, 0.25) is 0 Å². The van der Waals surface area contributed by atoms with Crippen molar-refractivity contribution in [2.24, 2.45) is 12.8 Å². The Kier molecular flexibility index (Phi) is 2.90.